The molecule has 0 amide bonds. The minimum Gasteiger partial charge on any atom is -0.306 e. The van der Waals surface area contributed by atoms with Gasteiger partial charge in [0.2, 0.25) is 0 Å². The highest BCUT2D eigenvalue weighted by atomic mass is 32.1. The number of ketones is 1. The molecular formula is C22H26N4OS. The second kappa shape index (κ2) is 8.05. The quantitative estimate of drug-likeness (QED) is 0.646. The van der Waals surface area contributed by atoms with Gasteiger partial charge in [0.05, 0.1) is 21.8 Å². The summed E-state index contributed by atoms with van der Waals surface area (Å²) in [5, 5.41) is 2.04. The number of fused-ring (bicyclic) bond motifs is 1. The lowest BCUT2D eigenvalue weighted by molar-refractivity contribution is -0.123. The molecule has 1 aliphatic carbocycles. The molecule has 4 rings (SSSR count). The topological polar surface area (TPSA) is 59.0 Å². The first-order valence-corrected chi connectivity index (χ1v) is 10.7. The summed E-state index contributed by atoms with van der Waals surface area (Å²) in [5.74, 6) is 1.07. The molecule has 0 radical (unpaired) electrons. The second-order valence-corrected chi connectivity index (χ2v) is 9.15. The van der Waals surface area contributed by atoms with Crippen molar-refractivity contribution in [3.05, 3.63) is 41.4 Å². The summed E-state index contributed by atoms with van der Waals surface area (Å²) < 4.78 is 0. The highest BCUT2D eigenvalue weighted by Gasteiger charge is 2.27. The molecule has 2 heterocycles. The molecule has 6 heteroatoms. The van der Waals surface area contributed by atoms with Crippen LogP contribution in [0, 0.1) is 12.8 Å². The normalized spacial score (nSPS) is 20.0. The average Bonchev–Trinajstić information content (AvgIpc) is 3.14. The van der Waals surface area contributed by atoms with Crippen LogP contribution in [-0.4, -0.2) is 45.8 Å². The summed E-state index contributed by atoms with van der Waals surface area (Å²) >= 11 is 1.67. The van der Waals surface area contributed by atoms with Crippen molar-refractivity contribution in [2.24, 2.45) is 5.92 Å². The number of hydrogen-bond acceptors (Lipinski definition) is 6. The van der Waals surface area contributed by atoms with Crippen LogP contribution in [0.1, 0.15) is 36.5 Å². The Labute approximate surface area is 169 Å². The zero-order chi connectivity index (χ0) is 19.7. The second-order valence-electron chi connectivity index (χ2n) is 7.92. The fourth-order valence-corrected chi connectivity index (χ4v) is 4.78. The third kappa shape index (κ3) is 4.13. The van der Waals surface area contributed by atoms with Gasteiger partial charge in [-0.15, -0.1) is 11.3 Å². The van der Waals surface area contributed by atoms with Gasteiger partial charge >= 0.3 is 0 Å². The van der Waals surface area contributed by atoms with Gasteiger partial charge in [-0.2, -0.15) is 0 Å². The van der Waals surface area contributed by atoms with Crippen LogP contribution >= 0.6 is 11.3 Å². The third-order valence-corrected chi connectivity index (χ3v) is 6.71. The molecule has 1 aliphatic rings. The number of nitrogens with zero attached hydrogens (tertiary/aromatic N) is 4. The lowest BCUT2D eigenvalue weighted by Gasteiger charge is -2.31. The van der Waals surface area contributed by atoms with E-state index in [-0.39, 0.29) is 11.7 Å². The third-order valence-electron chi connectivity index (χ3n) is 5.75. The summed E-state index contributed by atoms with van der Waals surface area (Å²) in [6, 6.07) is 6.79. The van der Waals surface area contributed by atoms with Gasteiger partial charge in [-0.3, -0.25) is 4.79 Å². The van der Waals surface area contributed by atoms with Crippen LogP contribution in [0.15, 0.2) is 30.6 Å². The molecule has 0 aliphatic heterocycles. The molecule has 0 unspecified atom stereocenters. The molecule has 0 bridgehead atoms. The van der Waals surface area contributed by atoms with Crippen LogP contribution in [0.2, 0.25) is 0 Å². The van der Waals surface area contributed by atoms with Gasteiger partial charge in [0.15, 0.2) is 0 Å². The number of benzene rings is 1. The molecule has 2 aromatic heterocycles. The van der Waals surface area contributed by atoms with Crippen LogP contribution in [-0.2, 0) is 11.2 Å². The van der Waals surface area contributed by atoms with E-state index in [9.17, 15) is 4.79 Å². The van der Waals surface area contributed by atoms with E-state index in [1.54, 1.807) is 11.3 Å². The molecule has 28 heavy (non-hydrogen) atoms. The highest BCUT2D eigenvalue weighted by Crippen LogP contribution is 2.29. The van der Waals surface area contributed by atoms with Crippen LogP contribution in [0.3, 0.4) is 0 Å². The van der Waals surface area contributed by atoms with Crippen molar-refractivity contribution in [2.45, 2.75) is 45.1 Å². The van der Waals surface area contributed by atoms with Crippen LogP contribution in [0.5, 0.6) is 0 Å². The van der Waals surface area contributed by atoms with Crippen LogP contribution < -0.4 is 0 Å². The number of carbonyl (C=O) groups excluding carboxylic acids is 1. The maximum Gasteiger partial charge on any atom is 0.143 e. The summed E-state index contributed by atoms with van der Waals surface area (Å²) in [4.78, 5) is 29.6. The maximum atomic E-state index is 12.8. The molecular weight excluding hydrogens is 368 g/mol. The summed E-state index contributed by atoms with van der Waals surface area (Å²) in [5.41, 5.74) is 1.99. The Morgan fingerprint density at radius 1 is 1.14 bits per heavy atom. The number of thiazole rings is 1. The first-order chi connectivity index (χ1) is 13.5. The van der Waals surface area contributed by atoms with Crippen molar-refractivity contribution in [2.75, 3.05) is 14.1 Å². The van der Waals surface area contributed by atoms with E-state index in [1.807, 2.05) is 25.4 Å². The molecule has 3 aromatic rings. The number of carbonyl (C=O) groups is 1. The van der Waals surface area contributed by atoms with E-state index in [1.165, 1.54) is 0 Å². The number of aryl methyl sites for hydroxylation is 1. The molecule has 0 saturated heterocycles. The molecule has 1 aromatic carbocycles. The van der Waals surface area contributed by atoms with Crippen LogP contribution in [0.4, 0.5) is 0 Å². The van der Waals surface area contributed by atoms with Gasteiger partial charge in [-0.1, -0.05) is 12.1 Å². The van der Waals surface area contributed by atoms with Gasteiger partial charge < -0.3 is 4.90 Å². The fraction of sp³-hybridized carbons (Fsp3) is 0.455. The SMILES string of the molecule is Cc1ncc(-c2ccc3cnc(CC(=O)C4CCC(N(C)C)CC4)nc3c2)s1. The zero-order valence-corrected chi connectivity index (χ0v) is 17.5. The molecule has 0 atom stereocenters. The van der Waals surface area contributed by atoms with Gasteiger partial charge in [-0.05, 0) is 58.3 Å². The highest BCUT2D eigenvalue weighted by molar-refractivity contribution is 7.15. The van der Waals surface area contributed by atoms with Crippen molar-refractivity contribution < 1.29 is 4.79 Å². The van der Waals surface area contributed by atoms with Gasteiger partial charge in [0.25, 0.3) is 0 Å². The number of aromatic nitrogens is 3. The largest absolute Gasteiger partial charge is 0.306 e. The Morgan fingerprint density at radius 3 is 2.61 bits per heavy atom. The van der Waals surface area contributed by atoms with E-state index < -0.39 is 0 Å². The first kappa shape index (κ1) is 19.2. The summed E-state index contributed by atoms with van der Waals surface area (Å²) in [6.45, 7) is 2.01. The first-order valence-electron chi connectivity index (χ1n) is 9.87. The predicted octanol–water partition coefficient (Wildman–Crippen LogP) is 4.29. The van der Waals surface area contributed by atoms with Crippen molar-refractivity contribution in [3.63, 3.8) is 0 Å². The minimum atomic E-state index is 0.155. The van der Waals surface area contributed by atoms with E-state index in [0.29, 0.717) is 18.3 Å². The Morgan fingerprint density at radius 2 is 1.93 bits per heavy atom. The monoisotopic (exact) mass is 394 g/mol. The van der Waals surface area contributed by atoms with Gasteiger partial charge in [0.1, 0.15) is 11.6 Å². The van der Waals surface area contributed by atoms with Gasteiger partial charge in [-0.25, -0.2) is 15.0 Å². The molecule has 1 saturated carbocycles. The standard InChI is InChI=1S/C22H26N4OS/c1-14-23-13-21(28-14)16-4-5-17-12-24-22(25-19(17)10-16)11-20(27)15-6-8-18(9-7-15)26(2)3/h4-5,10,12-13,15,18H,6-9,11H2,1-3H3. The summed E-state index contributed by atoms with van der Waals surface area (Å²) in [7, 11) is 4.25. The maximum absolute atomic E-state index is 12.8. The lowest BCUT2D eigenvalue weighted by Crippen LogP contribution is -2.34. The van der Waals surface area contributed by atoms with Crippen molar-refractivity contribution >= 4 is 28.0 Å². The van der Waals surface area contributed by atoms with E-state index in [4.69, 9.17) is 4.98 Å². The molecule has 0 N–H and O–H groups in total. The summed E-state index contributed by atoms with van der Waals surface area (Å²) in [6.07, 6.45) is 8.21. The Kier molecular flexibility index (Phi) is 5.51. The number of Topliss-reactive ketones (excluding diaryl/α,β-unsaturated/α-hetero) is 1. The molecule has 146 valence electrons. The Balaban J connectivity index is 1.49. The molecule has 5 nitrogen and oxygen atoms in total. The zero-order valence-electron chi connectivity index (χ0n) is 16.7. The number of hydrogen-bond donors (Lipinski definition) is 0. The average molecular weight is 395 g/mol. The van der Waals surface area contributed by atoms with E-state index in [2.05, 4.69) is 41.1 Å². The smallest absolute Gasteiger partial charge is 0.143 e. The van der Waals surface area contributed by atoms with Crippen molar-refractivity contribution in [1.29, 1.82) is 0 Å². The lowest BCUT2D eigenvalue weighted by atomic mass is 9.82. The molecule has 0 spiro atoms. The fourth-order valence-electron chi connectivity index (χ4n) is 4.01. The predicted molar refractivity (Wildman–Crippen MR) is 114 cm³/mol. The Hall–Kier alpha value is -2.18. The Bertz CT molecular complexity index is 989. The van der Waals surface area contributed by atoms with Gasteiger partial charge in [0, 0.05) is 29.7 Å². The van der Waals surface area contributed by atoms with Crippen LogP contribution in [0.25, 0.3) is 21.3 Å². The molecule has 1 fully saturated rings. The van der Waals surface area contributed by atoms with Crippen molar-refractivity contribution in [1.82, 2.24) is 19.9 Å². The van der Waals surface area contributed by atoms with E-state index in [0.717, 1.165) is 52.0 Å². The minimum absolute atomic E-state index is 0.155. The van der Waals surface area contributed by atoms with E-state index >= 15 is 0 Å². The van der Waals surface area contributed by atoms with Crippen molar-refractivity contribution in [3.8, 4) is 10.4 Å². The number of rotatable bonds is 5.